The third-order valence-electron chi connectivity index (χ3n) is 5.07. The number of aryl methyl sites for hydroxylation is 1. The first-order valence-electron chi connectivity index (χ1n) is 9.62. The maximum absolute atomic E-state index is 9.65. The van der Waals surface area contributed by atoms with Crippen LogP contribution in [0.4, 0.5) is 11.8 Å². The van der Waals surface area contributed by atoms with E-state index in [1.54, 1.807) is 0 Å². The second-order valence-electron chi connectivity index (χ2n) is 7.04. The maximum atomic E-state index is 9.65. The van der Waals surface area contributed by atoms with Crippen molar-refractivity contribution in [1.82, 2.24) is 20.1 Å². The molecular weight excluding hydrogens is 348 g/mol. The zero-order valence-corrected chi connectivity index (χ0v) is 15.8. The first kappa shape index (κ1) is 18.1. The number of hydrogen-bond acceptors (Lipinski definition) is 9. The van der Waals surface area contributed by atoms with Crippen molar-refractivity contribution in [3.05, 3.63) is 23.5 Å². The molecule has 4 heterocycles. The van der Waals surface area contributed by atoms with Crippen molar-refractivity contribution in [3.63, 3.8) is 0 Å². The van der Waals surface area contributed by atoms with Crippen LogP contribution in [-0.2, 0) is 17.7 Å². The molecule has 2 fully saturated rings. The lowest BCUT2D eigenvalue weighted by molar-refractivity contribution is 0.140. The van der Waals surface area contributed by atoms with Crippen molar-refractivity contribution in [2.75, 3.05) is 42.6 Å². The van der Waals surface area contributed by atoms with E-state index < -0.39 is 0 Å². The Bertz CT molecular complexity index is 770. The molecule has 1 atom stereocenters. The highest BCUT2D eigenvalue weighted by molar-refractivity contribution is 5.48. The molecule has 2 aliphatic rings. The Hall–Kier alpha value is -2.26. The number of aliphatic hydroxyl groups excluding tert-OH is 1. The fourth-order valence-corrected chi connectivity index (χ4v) is 3.35. The summed E-state index contributed by atoms with van der Waals surface area (Å²) in [6.07, 6.45) is 1.41. The van der Waals surface area contributed by atoms with Crippen molar-refractivity contribution in [2.45, 2.75) is 45.3 Å². The number of β-amino-alcohol motifs (C(OH)–C–C–N with tert-alkyl or cyclic N) is 1. The normalized spacial score (nSPS) is 20.1. The number of hydrogen-bond donors (Lipinski definition) is 1. The lowest BCUT2D eigenvalue weighted by atomic mass is 10.0. The van der Waals surface area contributed by atoms with E-state index in [4.69, 9.17) is 19.2 Å². The number of anilines is 2. The molecule has 4 rings (SSSR count). The van der Waals surface area contributed by atoms with Crippen LogP contribution in [0, 0.1) is 0 Å². The van der Waals surface area contributed by atoms with Gasteiger partial charge in [0.15, 0.2) is 5.82 Å². The van der Waals surface area contributed by atoms with Crippen molar-refractivity contribution in [1.29, 1.82) is 0 Å². The summed E-state index contributed by atoms with van der Waals surface area (Å²) >= 11 is 0. The topological polar surface area (TPSA) is 101 Å². The largest absolute Gasteiger partial charge is 0.389 e. The zero-order valence-electron chi connectivity index (χ0n) is 15.8. The van der Waals surface area contributed by atoms with Crippen LogP contribution in [0.2, 0.25) is 0 Å². The Kier molecular flexibility index (Phi) is 5.22. The molecule has 0 bridgehead atoms. The Labute approximate surface area is 158 Å². The smallest absolute Gasteiger partial charge is 0.246 e. The lowest BCUT2D eigenvalue weighted by Gasteiger charge is -2.36. The first-order chi connectivity index (χ1) is 13.2. The van der Waals surface area contributed by atoms with Gasteiger partial charge in [0.1, 0.15) is 5.82 Å². The summed E-state index contributed by atoms with van der Waals surface area (Å²) in [5.41, 5.74) is 0.993. The fraction of sp³-hybridized carbons (Fsp3) is 0.667. The van der Waals surface area contributed by atoms with Crippen LogP contribution in [-0.4, -0.2) is 64.2 Å². The van der Waals surface area contributed by atoms with E-state index in [-0.39, 0.29) is 12.0 Å². The van der Waals surface area contributed by atoms with Gasteiger partial charge in [-0.1, -0.05) is 12.1 Å². The van der Waals surface area contributed by atoms with E-state index >= 15 is 0 Å². The molecule has 9 heteroatoms. The molecule has 27 heavy (non-hydrogen) atoms. The monoisotopic (exact) mass is 374 g/mol. The molecule has 2 aliphatic heterocycles. The van der Waals surface area contributed by atoms with E-state index in [2.05, 4.69) is 22.0 Å². The first-order valence-corrected chi connectivity index (χ1v) is 9.62. The summed E-state index contributed by atoms with van der Waals surface area (Å²) in [5, 5.41) is 13.6. The Morgan fingerprint density at radius 2 is 2.11 bits per heavy atom. The van der Waals surface area contributed by atoms with Gasteiger partial charge in [0, 0.05) is 44.6 Å². The van der Waals surface area contributed by atoms with Gasteiger partial charge in [-0.25, -0.2) is 4.98 Å². The molecule has 9 nitrogen and oxygen atoms in total. The van der Waals surface area contributed by atoms with E-state index in [1.165, 1.54) is 0 Å². The second kappa shape index (κ2) is 7.77. The summed E-state index contributed by atoms with van der Waals surface area (Å²) in [6, 6.07) is 2.04. The number of rotatable bonds is 7. The Morgan fingerprint density at radius 1 is 1.26 bits per heavy atom. The summed E-state index contributed by atoms with van der Waals surface area (Å²) in [5.74, 6) is 3.08. The highest BCUT2D eigenvalue weighted by Crippen LogP contribution is 2.29. The molecule has 146 valence electrons. The van der Waals surface area contributed by atoms with Crippen LogP contribution in [0.1, 0.15) is 43.6 Å². The minimum Gasteiger partial charge on any atom is -0.389 e. The zero-order chi connectivity index (χ0) is 18.8. The summed E-state index contributed by atoms with van der Waals surface area (Å²) in [7, 11) is 0. The van der Waals surface area contributed by atoms with Crippen LogP contribution < -0.4 is 9.80 Å². The number of ether oxygens (including phenoxy) is 1. The molecule has 0 aliphatic carbocycles. The predicted octanol–water partition coefficient (Wildman–Crippen LogP) is 1.13. The summed E-state index contributed by atoms with van der Waals surface area (Å²) in [6.45, 7) is 7.92. The van der Waals surface area contributed by atoms with Gasteiger partial charge in [-0.3, -0.25) is 0 Å². The molecule has 0 radical (unpaired) electrons. The van der Waals surface area contributed by atoms with E-state index in [1.807, 2.05) is 17.9 Å². The van der Waals surface area contributed by atoms with Crippen LogP contribution >= 0.6 is 0 Å². The average molecular weight is 374 g/mol. The van der Waals surface area contributed by atoms with Crippen molar-refractivity contribution in [2.24, 2.45) is 0 Å². The highest BCUT2D eigenvalue weighted by Gasteiger charge is 2.29. The maximum Gasteiger partial charge on any atom is 0.246 e. The van der Waals surface area contributed by atoms with Gasteiger partial charge in [0.25, 0.3) is 0 Å². The molecule has 0 saturated carbocycles. The quantitative estimate of drug-likeness (QED) is 0.764. The molecule has 0 amide bonds. The lowest BCUT2D eigenvalue weighted by Crippen LogP contribution is -2.51. The molecule has 2 saturated heterocycles. The average Bonchev–Trinajstić information content (AvgIpc) is 3.34. The van der Waals surface area contributed by atoms with Gasteiger partial charge in [-0.2, -0.15) is 9.97 Å². The molecule has 0 aromatic carbocycles. The minimum atomic E-state index is -0.302. The molecule has 0 spiro atoms. The Morgan fingerprint density at radius 3 is 2.74 bits per heavy atom. The predicted molar refractivity (Wildman–Crippen MR) is 98.8 cm³/mol. The van der Waals surface area contributed by atoms with Crippen LogP contribution in [0.5, 0.6) is 0 Å². The third kappa shape index (κ3) is 3.89. The number of nitrogens with zero attached hydrogens (tertiary/aromatic N) is 6. The van der Waals surface area contributed by atoms with Gasteiger partial charge >= 0.3 is 0 Å². The SMILES string of the molecule is CCc1noc(CN(CC)c2cc([C@H]3CCOC3)nc(N3CC(O)C3)n2)n1. The van der Waals surface area contributed by atoms with E-state index in [0.29, 0.717) is 43.9 Å². The second-order valence-corrected chi connectivity index (χ2v) is 7.04. The fourth-order valence-electron chi connectivity index (χ4n) is 3.35. The van der Waals surface area contributed by atoms with Crippen LogP contribution in [0.15, 0.2) is 10.6 Å². The number of aromatic nitrogens is 4. The summed E-state index contributed by atoms with van der Waals surface area (Å²) in [4.78, 5) is 18.0. The molecule has 0 unspecified atom stereocenters. The third-order valence-corrected chi connectivity index (χ3v) is 5.07. The van der Waals surface area contributed by atoms with Gasteiger partial charge in [-0.05, 0) is 13.3 Å². The van der Waals surface area contributed by atoms with Gasteiger partial charge in [0.2, 0.25) is 11.8 Å². The van der Waals surface area contributed by atoms with Crippen molar-refractivity contribution in [3.8, 4) is 0 Å². The van der Waals surface area contributed by atoms with Crippen molar-refractivity contribution < 1.29 is 14.4 Å². The minimum absolute atomic E-state index is 0.283. The van der Waals surface area contributed by atoms with Gasteiger partial charge < -0.3 is 24.2 Å². The Balaban J connectivity index is 1.61. The molecule has 2 aromatic heterocycles. The van der Waals surface area contributed by atoms with Crippen LogP contribution in [0.3, 0.4) is 0 Å². The summed E-state index contributed by atoms with van der Waals surface area (Å²) < 4.78 is 10.9. The standard InChI is InChI=1S/C18H26N6O3/c1-3-15-20-17(27-22-15)10-23(4-2)16-7-14(12-5-6-26-11-12)19-18(21-16)24-8-13(25)9-24/h7,12-13,25H,3-6,8-11H2,1-2H3/t12-/m0/s1. The molecular formula is C18H26N6O3. The van der Waals surface area contributed by atoms with E-state index in [9.17, 15) is 5.11 Å². The molecule has 2 aromatic rings. The number of aliphatic hydroxyl groups is 1. The van der Waals surface area contributed by atoms with Gasteiger partial charge in [-0.15, -0.1) is 0 Å². The van der Waals surface area contributed by atoms with Crippen LogP contribution in [0.25, 0.3) is 0 Å². The van der Waals surface area contributed by atoms with Gasteiger partial charge in [0.05, 0.1) is 24.9 Å². The van der Waals surface area contributed by atoms with E-state index in [0.717, 1.165) is 37.5 Å². The van der Waals surface area contributed by atoms with Crippen molar-refractivity contribution >= 4 is 11.8 Å². The highest BCUT2D eigenvalue weighted by atomic mass is 16.5. The molecule has 1 N–H and O–H groups in total.